The Morgan fingerprint density at radius 1 is 1.35 bits per heavy atom. The van der Waals surface area contributed by atoms with Crippen LogP contribution in [0.1, 0.15) is 32.9 Å². The van der Waals surface area contributed by atoms with Crippen LogP contribution in [-0.4, -0.2) is 48.1 Å². The van der Waals surface area contributed by atoms with Crippen molar-refractivity contribution in [3.8, 4) is 5.88 Å². The monoisotopic (exact) mass is 299 g/mol. The van der Waals surface area contributed by atoms with Crippen molar-refractivity contribution >= 4 is 10.0 Å². The van der Waals surface area contributed by atoms with Gasteiger partial charge in [-0.3, -0.25) is 0 Å². The predicted molar refractivity (Wildman–Crippen MR) is 76.2 cm³/mol. The summed E-state index contributed by atoms with van der Waals surface area (Å²) in [6.07, 6.45) is 3.24. The van der Waals surface area contributed by atoms with Gasteiger partial charge in [0.2, 0.25) is 15.9 Å². The molecule has 2 heterocycles. The van der Waals surface area contributed by atoms with Crippen LogP contribution in [0.15, 0.2) is 12.4 Å². The lowest BCUT2D eigenvalue weighted by molar-refractivity contribution is 0.206. The third-order valence-electron chi connectivity index (χ3n) is 3.27. The van der Waals surface area contributed by atoms with E-state index in [1.54, 1.807) is 0 Å². The van der Waals surface area contributed by atoms with Crippen LogP contribution in [0.4, 0.5) is 0 Å². The van der Waals surface area contributed by atoms with Gasteiger partial charge in [0.25, 0.3) is 0 Å². The van der Waals surface area contributed by atoms with E-state index in [0.29, 0.717) is 25.4 Å². The lowest BCUT2D eigenvalue weighted by atomic mass is 9.92. The van der Waals surface area contributed by atoms with Gasteiger partial charge in [-0.2, -0.15) is 4.31 Å². The molecule has 0 N–H and O–H groups in total. The lowest BCUT2D eigenvalue weighted by Crippen LogP contribution is -2.30. The summed E-state index contributed by atoms with van der Waals surface area (Å²) in [5, 5.41) is 0. The third kappa shape index (κ3) is 3.67. The average Bonchev–Trinajstić information content (AvgIpc) is 2.76. The van der Waals surface area contributed by atoms with Crippen LogP contribution >= 0.6 is 0 Å². The maximum absolute atomic E-state index is 11.5. The Morgan fingerprint density at radius 3 is 2.60 bits per heavy atom. The van der Waals surface area contributed by atoms with Crippen molar-refractivity contribution in [3.63, 3.8) is 0 Å². The highest BCUT2D eigenvalue weighted by Crippen LogP contribution is 2.24. The van der Waals surface area contributed by atoms with Crippen LogP contribution < -0.4 is 4.74 Å². The minimum atomic E-state index is -3.14. The first-order valence-electron chi connectivity index (χ1n) is 6.60. The fourth-order valence-corrected chi connectivity index (χ4v) is 2.95. The molecule has 1 saturated heterocycles. The summed E-state index contributed by atoms with van der Waals surface area (Å²) in [7, 11) is -3.14. The predicted octanol–water partition coefficient (Wildman–Crippen LogP) is 1.19. The summed E-state index contributed by atoms with van der Waals surface area (Å²) in [6, 6.07) is 1.82. The number of sulfonamides is 1. The normalized spacial score (nSPS) is 21.1. The van der Waals surface area contributed by atoms with Gasteiger partial charge in [-0.25, -0.2) is 18.4 Å². The number of ether oxygens (including phenoxy) is 1. The van der Waals surface area contributed by atoms with Gasteiger partial charge in [0, 0.05) is 18.0 Å². The summed E-state index contributed by atoms with van der Waals surface area (Å²) in [5.74, 6) is 0.505. The smallest absolute Gasteiger partial charge is 0.216 e. The molecule has 1 atom stereocenters. The van der Waals surface area contributed by atoms with E-state index in [1.807, 2.05) is 6.07 Å². The van der Waals surface area contributed by atoms with Crippen LogP contribution in [-0.2, 0) is 15.4 Å². The maximum atomic E-state index is 11.5. The molecular formula is C13H21N3O3S. The molecule has 0 aliphatic carbocycles. The van der Waals surface area contributed by atoms with Crippen molar-refractivity contribution in [1.82, 2.24) is 14.3 Å². The second-order valence-corrected chi connectivity index (χ2v) is 8.12. The van der Waals surface area contributed by atoms with Crippen molar-refractivity contribution in [2.24, 2.45) is 0 Å². The second-order valence-electron chi connectivity index (χ2n) is 6.14. The van der Waals surface area contributed by atoms with E-state index < -0.39 is 10.0 Å². The molecule has 6 nitrogen and oxygen atoms in total. The van der Waals surface area contributed by atoms with Crippen molar-refractivity contribution < 1.29 is 13.2 Å². The molecule has 0 spiro atoms. The summed E-state index contributed by atoms with van der Waals surface area (Å²) < 4.78 is 30.1. The molecule has 0 aromatic carbocycles. The van der Waals surface area contributed by atoms with Crippen molar-refractivity contribution in [2.45, 2.75) is 38.7 Å². The van der Waals surface area contributed by atoms with E-state index in [2.05, 4.69) is 30.7 Å². The van der Waals surface area contributed by atoms with Crippen molar-refractivity contribution in [3.05, 3.63) is 18.1 Å². The minimum absolute atomic E-state index is 0.0739. The molecule has 1 fully saturated rings. The Labute approximate surface area is 120 Å². The number of rotatable bonds is 3. The number of aromatic nitrogens is 2. The standard InChI is InChI=1S/C13H21N3O3S/c1-13(2,3)11-7-12(15-9-14-11)19-10-5-6-16(8-10)20(4,17)18/h7,9-10H,5-6,8H2,1-4H3. The van der Waals surface area contributed by atoms with Crippen LogP contribution in [0.25, 0.3) is 0 Å². The van der Waals surface area contributed by atoms with Gasteiger partial charge in [-0.15, -0.1) is 0 Å². The zero-order valence-electron chi connectivity index (χ0n) is 12.3. The number of hydrogen-bond acceptors (Lipinski definition) is 5. The molecular weight excluding hydrogens is 278 g/mol. The molecule has 0 saturated carbocycles. The maximum Gasteiger partial charge on any atom is 0.216 e. The van der Waals surface area contributed by atoms with Gasteiger partial charge in [-0.1, -0.05) is 20.8 Å². The van der Waals surface area contributed by atoms with Gasteiger partial charge < -0.3 is 4.74 Å². The van der Waals surface area contributed by atoms with Crippen LogP contribution in [0.3, 0.4) is 0 Å². The third-order valence-corrected chi connectivity index (χ3v) is 4.54. The largest absolute Gasteiger partial charge is 0.473 e. The fourth-order valence-electron chi connectivity index (χ4n) is 2.08. The molecule has 20 heavy (non-hydrogen) atoms. The number of hydrogen-bond donors (Lipinski definition) is 0. The Morgan fingerprint density at radius 2 is 2.05 bits per heavy atom. The van der Waals surface area contributed by atoms with Crippen molar-refractivity contribution in [2.75, 3.05) is 19.3 Å². The molecule has 0 amide bonds. The summed E-state index contributed by atoms with van der Waals surface area (Å²) >= 11 is 0. The van der Waals surface area contributed by atoms with Crippen molar-refractivity contribution in [1.29, 1.82) is 0 Å². The average molecular weight is 299 g/mol. The van der Waals surface area contributed by atoms with Crippen LogP contribution in [0.2, 0.25) is 0 Å². The minimum Gasteiger partial charge on any atom is -0.473 e. The van der Waals surface area contributed by atoms with E-state index in [0.717, 1.165) is 5.69 Å². The Bertz CT molecular complexity index is 581. The first-order valence-corrected chi connectivity index (χ1v) is 8.45. The quantitative estimate of drug-likeness (QED) is 0.838. The molecule has 112 valence electrons. The Balaban J connectivity index is 2.05. The molecule has 1 aliphatic heterocycles. The second kappa shape index (κ2) is 5.29. The highest BCUT2D eigenvalue weighted by atomic mass is 32.2. The molecule has 1 aromatic heterocycles. The van der Waals surface area contributed by atoms with Crippen LogP contribution in [0.5, 0.6) is 5.88 Å². The molecule has 1 aromatic rings. The van der Waals surface area contributed by atoms with E-state index in [4.69, 9.17) is 4.74 Å². The molecule has 2 rings (SSSR count). The van der Waals surface area contributed by atoms with Gasteiger partial charge in [0.15, 0.2) is 0 Å². The van der Waals surface area contributed by atoms with Gasteiger partial charge in [0.05, 0.1) is 18.5 Å². The van der Waals surface area contributed by atoms with E-state index >= 15 is 0 Å². The first-order chi connectivity index (χ1) is 9.16. The lowest BCUT2D eigenvalue weighted by Gasteiger charge is -2.19. The molecule has 0 bridgehead atoms. The summed E-state index contributed by atoms with van der Waals surface area (Å²) in [4.78, 5) is 8.34. The van der Waals surface area contributed by atoms with Gasteiger partial charge in [-0.05, 0) is 6.42 Å². The summed E-state index contributed by atoms with van der Waals surface area (Å²) in [6.45, 7) is 7.09. The zero-order chi connectivity index (χ0) is 15.0. The van der Waals surface area contributed by atoms with E-state index in [9.17, 15) is 8.42 Å². The highest BCUT2D eigenvalue weighted by molar-refractivity contribution is 7.88. The zero-order valence-corrected chi connectivity index (χ0v) is 13.1. The molecule has 1 unspecified atom stereocenters. The molecule has 1 aliphatic rings. The van der Waals surface area contributed by atoms with E-state index in [1.165, 1.54) is 16.9 Å². The number of nitrogens with zero attached hydrogens (tertiary/aromatic N) is 3. The summed E-state index contributed by atoms with van der Waals surface area (Å²) in [5.41, 5.74) is 0.829. The highest BCUT2D eigenvalue weighted by Gasteiger charge is 2.30. The topological polar surface area (TPSA) is 72.4 Å². The Hall–Kier alpha value is -1.21. The van der Waals surface area contributed by atoms with Crippen LogP contribution in [0, 0.1) is 0 Å². The SMILES string of the molecule is CC(C)(C)c1cc(OC2CCN(S(C)(=O)=O)C2)ncn1. The molecule has 7 heteroatoms. The van der Waals surface area contributed by atoms with E-state index in [-0.39, 0.29) is 11.5 Å². The van der Waals surface area contributed by atoms with Gasteiger partial charge >= 0.3 is 0 Å². The molecule has 0 radical (unpaired) electrons. The first kappa shape index (κ1) is 15.2. The fraction of sp³-hybridized carbons (Fsp3) is 0.692. The Kier molecular flexibility index (Phi) is 4.02. The van der Waals surface area contributed by atoms with Gasteiger partial charge in [0.1, 0.15) is 12.4 Å².